The summed E-state index contributed by atoms with van der Waals surface area (Å²) in [6, 6.07) is 18.6. The quantitative estimate of drug-likeness (QED) is 0.651. The van der Waals surface area contributed by atoms with Crippen LogP contribution in [0, 0.1) is 11.3 Å². The molecule has 0 radical (unpaired) electrons. The molecule has 0 bridgehead atoms. The maximum atomic E-state index is 10.1. The number of fused-ring (bicyclic) bond motifs is 1. The second kappa shape index (κ2) is 8.69. The molecule has 5 nitrogen and oxygen atoms in total. The lowest BCUT2D eigenvalue weighted by Crippen LogP contribution is -2.44. The molecule has 29 heavy (non-hydrogen) atoms. The second-order valence-corrected chi connectivity index (χ2v) is 7.80. The van der Waals surface area contributed by atoms with E-state index in [1.54, 1.807) is 0 Å². The van der Waals surface area contributed by atoms with E-state index in [1.807, 2.05) is 49.5 Å². The Labute approximate surface area is 176 Å². The summed E-state index contributed by atoms with van der Waals surface area (Å²) in [7, 11) is 2.00. The molecule has 2 heterocycles. The highest BCUT2D eigenvalue weighted by Crippen LogP contribution is 2.35. The smallest absolute Gasteiger partial charge is 0.147 e. The standard InChI is InChI=1S/C23H24ClN5/c1-26-18-5-4-12-29(15-18)22-19-6-2-3-7-21(19)28-23(20(22)13-25)27-14-16-8-10-17(24)11-9-16/h2-3,6-11,18,26H,4-5,12,14-15H2,1H3,(H,27,28). The molecule has 148 valence electrons. The van der Waals surface area contributed by atoms with Gasteiger partial charge in [0.1, 0.15) is 17.5 Å². The fourth-order valence-electron chi connectivity index (χ4n) is 3.96. The molecule has 1 saturated heterocycles. The molecule has 1 fully saturated rings. The predicted octanol–water partition coefficient (Wildman–Crippen LogP) is 4.56. The number of nitrogens with zero attached hydrogens (tertiary/aromatic N) is 3. The first-order valence-electron chi connectivity index (χ1n) is 9.93. The summed E-state index contributed by atoms with van der Waals surface area (Å²) >= 11 is 5.99. The van der Waals surface area contributed by atoms with Gasteiger partial charge in [-0.3, -0.25) is 0 Å². The number of benzene rings is 2. The molecule has 2 N–H and O–H groups in total. The zero-order chi connectivity index (χ0) is 20.2. The molecule has 0 spiro atoms. The molecule has 3 aromatic rings. The summed E-state index contributed by atoms with van der Waals surface area (Å²) in [5, 5.41) is 18.6. The number of likely N-dealkylation sites (N-methyl/N-ethyl adjacent to an activating group) is 1. The first-order valence-corrected chi connectivity index (χ1v) is 10.3. The van der Waals surface area contributed by atoms with E-state index in [0.29, 0.717) is 29.0 Å². The first-order chi connectivity index (χ1) is 14.2. The van der Waals surface area contributed by atoms with Crippen LogP contribution in [0.4, 0.5) is 11.5 Å². The van der Waals surface area contributed by atoms with Crippen molar-refractivity contribution in [2.24, 2.45) is 0 Å². The van der Waals surface area contributed by atoms with Crippen LogP contribution in [0.3, 0.4) is 0 Å². The van der Waals surface area contributed by atoms with Gasteiger partial charge in [-0.05, 0) is 43.7 Å². The minimum absolute atomic E-state index is 0.424. The average molecular weight is 406 g/mol. The Bertz CT molecular complexity index is 1040. The second-order valence-electron chi connectivity index (χ2n) is 7.37. The van der Waals surface area contributed by atoms with E-state index in [0.717, 1.165) is 48.1 Å². The van der Waals surface area contributed by atoms with Crippen LogP contribution in [-0.2, 0) is 6.54 Å². The van der Waals surface area contributed by atoms with Crippen molar-refractivity contribution in [2.45, 2.75) is 25.4 Å². The van der Waals surface area contributed by atoms with Crippen LogP contribution in [0.5, 0.6) is 0 Å². The summed E-state index contributed by atoms with van der Waals surface area (Å²) in [6.07, 6.45) is 2.25. The molecule has 1 aliphatic heterocycles. The fourth-order valence-corrected chi connectivity index (χ4v) is 4.09. The van der Waals surface area contributed by atoms with Crippen LogP contribution in [0.15, 0.2) is 48.5 Å². The van der Waals surface area contributed by atoms with Crippen LogP contribution in [0.2, 0.25) is 5.02 Å². The summed E-state index contributed by atoms with van der Waals surface area (Å²) in [5.41, 5.74) is 3.57. The van der Waals surface area contributed by atoms with Gasteiger partial charge < -0.3 is 15.5 Å². The maximum absolute atomic E-state index is 10.1. The number of hydrogen-bond acceptors (Lipinski definition) is 5. The number of halogens is 1. The Morgan fingerprint density at radius 1 is 1.21 bits per heavy atom. The van der Waals surface area contributed by atoms with Gasteiger partial charge in [0.2, 0.25) is 0 Å². The molecule has 1 aromatic heterocycles. The molecule has 0 aliphatic carbocycles. The van der Waals surface area contributed by atoms with Gasteiger partial charge in [-0.1, -0.05) is 41.9 Å². The number of anilines is 2. The minimum Gasteiger partial charge on any atom is -0.368 e. The van der Waals surface area contributed by atoms with Crippen molar-refractivity contribution < 1.29 is 0 Å². The van der Waals surface area contributed by atoms with Crippen molar-refractivity contribution in [1.82, 2.24) is 10.3 Å². The van der Waals surface area contributed by atoms with Gasteiger partial charge in [0.15, 0.2) is 0 Å². The highest BCUT2D eigenvalue weighted by Gasteiger charge is 2.25. The Kier molecular flexibility index (Phi) is 5.84. The van der Waals surface area contributed by atoms with Crippen LogP contribution < -0.4 is 15.5 Å². The highest BCUT2D eigenvalue weighted by atomic mass is 35.5. The molecule has 1 aliphatic rings. The molecule has 0 saturated carbocycles. The lowest BCUT2D eigenvalue weighted by atomic mass is 10.0. The molecule has 0 amide bonds. The van der Waals surface area contributed by atoms with E-state index in [-0.39, 0.29) is 0 Å². The molecular formula is C23H24ClN5. The van der Waals surface area contributed by atoms with E-state index in [9.17, 15) is 5.26 Å². The lowest BCUT2D eigenvalue weighted by Gasteiger charge is -2.35. The van der Waals surface area contributed by atoms with Crippen molar-refractivity contribution in [1.29, 1.82) is 5.26 Å². The van der Waals surface area contributed by atoms with Gasteiger partial charge in [-0.15, -0.1) is 0 Å². The third-order valence-corrected chi connectivity index (χ3v) is 5.75. The molecule has 1 unspecified atom stereocenters. The number of para-hydroxylation sites is 1. The first kappa shape index (κ1) is 19.5. The minimum atomic E-state index is 0.424. The van der Waals surface area contributed by atoms with Crippen molar-refractivity contribution in [3.05, 3.63) is 64.7 Å². The predicted molar refractivity (Wildman–Crippen MR) is 120 cm³/mol. The van der Waals surface area contributed by atoms with E-state index in [1.165, 1.54) is 0 Å². The summed E-state index contributed by atoms with van der Waals surface area (Å²) in [5.74, 6) is 0.628. The number of piperidine rings is 1. The van der Waals surface area contributed by atoms with Gasteiger partial charge in [0.25, 0.3) is 0 Å². The number of aromatic nitrogens is 1. The molecule has 1 atom stereocenters. The summed E-state index contributed by atoms with van der Waals surface area (Å²) in [6.45, 7) is 2.41. The third-order valence-electron chi connectivity index (χ3n) is 5.50. The maximum Gasteiger partial charge on any atom is 0.147 e. The van der Waals surface area contributed by atoms with E-state index in [4.69, 9.17) is 16.6 Å². The van der Waals surface area contributed by atoms with Gasteiger partial charge in [-0.25, -0.2) is 4.98 Å². The zero-order valence-electron chi connectivity index (χ0n) is 16.5. The molecule has 4 rings (SSSR count). The number of hydrogen-bond donors (Lipinski definition) is 2. The largest absolute Gasteiger partial charge is 0.368 e. The van der Waals surface area contributed by atoms with Gasteiger partial charge >= 0.3 is 0 Å². The van der Waals surface area contributed by atoms with E-state index in [2.05, 4.69) is 27.7 Å². The third kappa shape index (κ3) is 4.14. The Morgan fingerprint density at radius 3 is 2.76 bits per heavy atom. The molecule has 2 aromatic carbocycles. The fraction of sp³-hybridized carbons (Fsp3) is 0.304. The van der Waals surface area contributed by atoms with Crippen molar-refractivity contribution in [3.63, 3.8) is 0 Å². The van der Waals surface area contributed by atoms with Crippen molar-refractivity contribution in [3.8, 4) is 6.07 Å². The van der Waals surface area contributed by atoms with Crippen molar-refractivity contribution >= 4 is 34.0 Å². The topological polar surface area (TPSA) is 64.0 Å². The van der Waals surface area contributed by atoms with Gasteiger partial charge in [0.05, 0.1) is 11.2 Å². The van der Waals surface area contributed by atoms with E-state index >= 15 is 0 Å². The molecule has 6 heteroatoms. The van der Waals surface area contributed by atoms with Gasteiger partial charge in [0, 0.05) is 36.1 Å². The van der Waals surface area contributed by atoms with Crippen LogP contribution >= 0.6 is 11.6 Å². The van der Waals surface area contributed by atoms with Crippen LogP contribution in [0.25, 0.3) is 10.9 Å². The Morgan fingerprint density at radius 2 is 2.00 bits per heavy atom. The monoisotopic (exact) mass is 405 g/mol. The van der Waals surface area contributed by atoms with Gasteiger partial charge in [-0.2, -0.15) is 5.26 Å². The Balaban J connectivity index is 1.74. The number of nitrogens with one attached hydrogen (secondary N) is 2. The number of nitriles is 1. The normalized spacial score (nSPS) is 16.6. The van der Waals surface area contributed by atoms with Crippen LogP contribution in [0.1, 0.15) is 24.0 Å². The summed E-state index contributed by atoms with van der Waals surface area (Å²) in [4.78, 5) is 7.11. The van der Waals surface area contributed by atoms with E-state index < -0.39 is 0 Å². The Hall–Kier alpha value is -2.81. The summed E-state index contributed by atoms with van der Waals surface area (Å²) < 4.78 is 0. The lowest BCUT2D eigenvalue weighted by molar-refractivity contribution is 0.450. The number of rotatable bonds is 5. The average Bonchev–Trinajstić information content (AvgIpc) is 2.77. The SMILES string of the molecule is CNC1CCCN(c2c(C#N)c(NCc3ccc(Cl)cc3)nc3ccccc23)C1. The highest BCUT2D eigenvalue weighted by molar-refractivity contribution is 6.30. The number of pyridine rings is 1. The molecular weight excluding hydrogens is 382 g/mol. The zero-order valence-corrected chi connectivity index (χ0v) is 17.2. The van der Waals surface area contributed by atoms with Crippen LogP contribution in [-0.4, -0.2) is 31.2 Å². The van der Waals surface area contributed by atoms with Crippen molar-refractivity contribution in [2.75, 3.05) is 30.4 Å².